The van der Waals surface area contributed by atoms with Crippen LogP contribution in [-0.4, -0.2) is 53.6 Å². The van der Waals surface area contributed by atoms with Crippen LogP contribution in [0.4, 0.5) is 18.0 Å². The maximum Gasteiger partial charge on any atom is 0.408 e. The van der Waals surface area contributed by atoms with Crippen molar-refractivity contribution in [2.45, 2.75) is 63.2 Å². The van der Waals surface area contributed by atoms with E-state index in [0.29, 0.717) is 53.5 Å². The van der Waals surface area contributed by atoms with E-state index in [4.69, 9.17) is 28.0 Å². The molecule has 0 radical (unpaired) electrons. The highest BCUT2D eigenvalue weighted by atomic mass is 35.5. The first-order valence-corrected chi connectivity index (χ1v) is 11.4. The fourth-order valence-electron chi connectivity index (χ4n) is 4.56. The average molecular weight is 511 g/mol. The Morgan fingerprint density at radius 1 is 1.21 bits per heavy atom. The first kappa shape index (κ1) is 27.4. The Bertz CT molecular complexity index is 834. The summed E-state index contributed by atoms with van der Waals surface area (Å²) in [6.07, 6.45) is -0.927. The fourth-order valence-corrected chi connectivity index (χ4v) is 4.97. The highest BCUT2D eigenvalue weighted by Gasteiger charge is 2.52. The van der Waals surface area contributed by atoms with Crippen LogP contribution >= 0.6 is 23.2 Å². The third kappa shape index (κ3) is 6.61. The second-order valence-electron chi connectivity index (χ2n) is 8.21. The average Bonchev–Trinajstić information content (AvgIpc) is 2.79. The Morgan fingerprint density at radius 2 is 1.85 bits per heavy atom. The van der Waals surface area contributed by atoms with E-state index in [0.717, 1.165) is 12.0 Å². The molecule has 6 nitrogen and oxygen atoms in total. The van der Waals surface area contributed by atoms with Gasteiger partial charge in [-0.25, -0.2) is 4.79 Å². The van der Waals surface area contributed by atoms with E-state index in [1.165, 1.54) is 0 Å². The van der Waals surface area contributed by atoms with Gasteiger partial charge in [-0.05, 0) is 55.4 Å². The number of likely N-dealkylation sites (tertiary alicyclic amines) is 1. The molecule has 1 aromatic rings. The Morgan fingerprint density at radius 3 is 2.42 bits per heavy atom. The SMILES string of the molecule is C=O.O=C(NC(C1CCCCC1)C(F)(F)F)N1C(=O)[C@H](CCc2cc(Cl)ccc2Cl)C1CO. The summed E-state index contributed by atoms with van der Waals surface area (Å²) >= 11 is 12.1. The van der Waals surface area contributed by atoms with Crippen LogP contribution in [0, 0.1) is 11.8 Å². The summed E-state index contributed by atoms with van der Waals surface area (Å²) in [6.45, 7) is 1.48. The number of amides is 3. The molecular formula is C22H27Cl2F3N2O4. The van der Waals surface area contributed by atoms with Gasteiger partial charge < -0.3 is 15.2 Å². The number of urea groups is 1. The van der Waals surface area contributed by atoms with E-state index in [2.05, 4.69) is 0 Å². The third-order valence-electron chi connectivity index (χ3n) is 6.24. The molecule has 2 aliphatic rings. The zero-order valence-corrected chi connectivity index (χ0v) is 19.4. The molecule has 3 rings (SSSR count). The molecule has 0 spiro atoms. The van der Waals surface area contributed by atoms with Crippen molar-refractivity contribution in [1.82, 2.24) is 10.2 Å². The van der Waals surface area contributed by atoms with E-state index in [9.17, 15) is 27.9 Å². The molecule has 2 N–H and O–H groups in total. The number of hydrogen-bond acceptors (Lipinski definition) is 4. The molecule has 1 aromatic carbocycles. The first-order valence-electron chi connectivity index (χ1n) is 10.7. The minimum atomic E-state index is -4.61. The van der Waals surface area contributed by atoms with E-state index >= 15 is 0 Å². The molecule has 0 aromatic heterocycles. The van der Waals surface area contributed by atoms with Crippen molar-refractivity contribution in [2.75, 3.05) is 6.61 Å². The highest BCUT2D eigenvalue weighted by Crippen LogP contribution is 2.36. The summed E-state index contributed by atoms with van der Waals surface area (Å²) in [7, 11) is 0. The number of rotatable bonds is 6. The monoisotopic (exact) mass is 510 g/mol. The number of carbonyl (C=O) groups excluding carboxylic acids is 3. The van der Waals surface area contributed by atoms with Crippen molar-refractivity contribution in [3.8, 4) is 0 Å². The van der Waals surface area contributed by atoms with Crippen molar-refractivity contribution in [1.29, 1.82) is 0 Å². The first-order chi connectivity index (χ1) is 15.6. The Kier molecular flexibility index (Phi) is 10.00. The van der Waals surface area contributed by atoms with Gasteiger partial charge in [-0.2, -0.15) is 13.2 Å². The number of alkyl halides is 3. The van der Waals surface area contributed by atoms with Crippen LogP contribution in [0.3, 0.4) is 0 Å². The summed E-state index contributed by atoms with van der Waals surface area (Å²) in [5.74, 6) is -1.98. The lowest BCUT2D eigenvalue weighted by Crippen LogP contribution is -2.68. The molecule has 1 aliphatic carbocycles. The zero-order chi connectivity index (χ0) is 24.8. The number of carbonyl (C=O) groups is 3. The number of hydrogen-bond donors (Lipinski definition) is 2. The number of imide groups is 1. The zero-order valence-electron chi connectivity index (χ0n) is 17.9. The van der Waals surface area contributed by atoms with E-state index in [1.807, 2.05) is 12.1 Å². The lowest BCUT2D eigenvalue weighted by molar-refractivity contribution is -0.170. The van der Waals surface area contributed by atoms with Gasteiger partial charge in [-0.1, -0.05) is 42.5 Å². The normalized spacial score (nSPS) is 22.1. The van der Waals surface area contributed by atoms with Gasteiger partial charge in [0.1, 0.15) is 12.8 Å². The van der Waals surface area contributed by atoms with Gasteiger partial charge in [0.2, 0.25) is 5.91 Å². The molecule has 1 saturated heterocycles. The van der Waals surface area contributed by atoms with Crippen LogP contribution in [0.15, 0.2) is 18.2 Å². The molecule has 184 valence electrons. The summed E-state index contributed by atoms with van der Waals surface area (Å²) in [5, 5.41) is 12.7. The maximum atomic E-state index is 13.6. The molecule has 1 saturated carbocycles. The van der Waals surface area contributed by atoms with Crippen LogP contribution in [0.5, 0.6) is 0 Å². The van der Waals surface area contributed by atoms with Gasteiger partial charge in [0, 0.05) is 10.0 Å². The molecule has 3 amide bonds. The number of aliphatic hydroxyl groups excluding tert-OH is 1. The summed E-state index contributed by atoms with van der Waals surface area (Å²) in [6, 6.07) is 0.960. The number of halogens is 5. The molecule has 2 fully saturated rings. The molecule has 1 aliphatic heterocycles. The van der Waals surface area contributed by atoms with Crippen molar-refractivity contribution in [3.63, 3.8) is 0 Å². The molecule has 0 bridgehead atoms. The number of nitrogens with zero attached hydrogens (tertiary/aromatic N) is 1. The summed E-state index contributed by atoms with van der Waals surface area (Å²) in [4.78, 5) is 33.8. The number of aryl methyl sites for hydroxylation is 1. The van der Waals surface area contributed by atoms with E-state index in [1.54, 1.807) is 18.2 Å². The minimum absolute atomic E-state index is 0.291. The standard InChI is InChI=1S/C21H25Cl2F3N2O3.CH2O/c22-14-7-9-16(23)13(10-14)6-8-15-17(11-29)28(19(15)30)20(31)27-18(21(24,25)26)12-4-2-1-3-5-12;1-2/h7,9-10,12,15,17-18,29H,1-6,8,11H2,(H,27,31);1H2/t15-,17?,18?;/m1./s1. The van der Waals surface area contributed by atoms with Crippen LogP contribution in [0.2, 0.25) is 10.0 Å². The molecule has 33 heavy (non-hydrogen) atoms. The van der Waals surface area contributed by atoms with Gasteiger partial charge in [0.05, 0.1) is 18.6 Å². The Balaban J connectivity index is 0.00000187. The second-order valence-corrected chi connectivity index (χ2v) is 9.05. The lowest BCUT2D eigenvalue weighted by Gasteiger charge is -2.45. The summed E-state index contributed by atoms with van der Waals surface area (Å²) < 4.78 is 40.8. The van der Waals surface area contributed by atoms with Gasteiger partial charge in [0.15, 0.2) is 0 Å². The van der Waals surface area contributed by atoms with Gasteiger partial charge in [0.25, 0.3) is 0 Å². The number of benzene rings is 1. The number of β-lactam (4-membered cyclic amide) rings is 1. The smallest absolute Gasteiger partial charge is 0.394 e. The van der Waals surface area contributed by atoms with Gasteiger partial charge in [-0.15, -0.1) is 0 Å². The fraction of sp³-hybridized carbons (Fsp3) is 0.591. The highest BCUT2D eigenvalue weighted by molar-refractivity contribution is 6.33. The van der Waals surface area contributed by atoms with Crippen LogP contribution in [0.1, 0.15) is 44.1 Å². The number of nitrogens with one attached hydrogen (secondary N) is 1. The molecule has 1 heterocycles. The van der Waals surface area contributed by atoms with Gasteiger partial charge >= 0.3 is 12.2 Å². The Labute approximate surface area is 200 Å². The van der Waals surface area contributed by atoms with Crippen molar-refractivity contribution < 1.29 is 32.7 Å². The lowest BCUT2D eigenvalue weighted by atomic mass is 9.82. The largest absolute Gasteiger partial charge is 0.408 e. The number of aliphatic hydroxyl groups is 1. The summed E-state index contributed by atoms with van der Waals surface area (Å²) in [5.41, 5.74) is 0.719. The quantitative estimate of drug-likeness (QED) is 0.539. The molecule has 11 heteroatoms. The van der Waals surface area contributed by atoms with Crippen molar-refractivity contribution in [2.24, 2.45) is 11.8 Å². The van der Waals surface area contributed by atoms with Crippen molar-refractivity contribution >= 4 is 41.9 Å². The molecule has 2 unspecified atom stereocenters. The second kappa shape index (κ2) is 12.0. The van der Waals surface area contributed by atoms with E-state index in [-0.39, 0.29) is 0 Å². The topological polar surface area (TPSA) is 86.7 Å². The molecule has 3 atom stereocenters. The third-order valence-corrected chi connectivity index (χ3v) is 6.85. The van der Waals surface area contributed by atoms with Gasteiger partial charge in [-0.3, -0.25) is 9.69 Å². The van der Waals surface area contributed by atoms with Crippen LogP contribution in [0.25, 0.3) is 0 Å². The van der Waals surface area contributed by atoms with E-state index < -0.39 is 48.6 Å². The minimum Gasteiger partial charge on any atom is -0.394 e. The predicted octanol–water partition coefficient (Wildman–Crippen LogP) is 4.78. The van der Waals surface area contributed by atoms with Crippen molar-refractivity contribution in [3.05, 3.63) is 33.8 Å². The maximum absolute atomic E-state index is 13.6. The molecular weight excluding hydrogens is 484 g/mol. The van der Waals surface area contributed by atoms with Crippen LogP contribution < -0.4 is 5.32 Å². The Hall–Kier alpha value is -1.84. The van der Waals surface area contributed by atoms with Crippen LogP contribution in [-0.2, 0) is 16.0 Å². The predicted molar refractivity (Wildman–Crippen MR) is 118 cm³/mol.